The molecular formula is C15H21NO4. The molecule has 1 aromatic carbocycles. The number of hydrogen-bond donors (Lipinski definition) is 2. The van der Waals surface area contributed by atoms with Gasteiger partial charge in [-0.3, -0.25) is 9.59 Å². The Labute approximate surface area is 118 Å². The average Bonchev–Trinajstić information content (AvgIpc) is 2.45. The van der Waals surface area contributed by atoms with Crippen LogP contribution >= 0.6 is 0 Å². The summed E-state index contributed by atoms with van der Waals surface area (Å²) in [5, 5.41) is 11.5. The predicted octanol–water partition coefficient (Wildman–Crippen LogP) is 1.99. The molecule has 5 heteroatoms. The van der Waals surface area contributed by atoms with Gasteiger partial charge in [-0.05, 0) is 11.5 Å². The largest absolute Gasteiger partial charge is 0.481 e. The zero-order valence-corrected chi connectivity index (χ0v) is 11.8. The Kier molecular flexibility index (Phi) is 6.73. The van der Waals surface area contributed by atoms with E-state index >= 15 is 0 Å². The molecule has 1 aromatic rings. The van der Waals surface area contributed by atoms with Crippen LogP contribution in [0.2, 0.25) is 0 Å². The van der Waals surface area contributed by atoms with Gasteiger partial charge in [-0.15, -0.1) is 0 Å². The van der Waals surface area contributed by atoms with E-state index in [1.54, 1.807) is 0 Å². The molecule has 0 aliphatic carbocycles. The molecule has 2 unspecified atom stereocenters. The number of carbonyl (C=O) groups excluding carboxylic acids is 1. The Morgan fingerprint density at radius 3 is 2.45 bits per heavy atom. The van der Waals surface area contributed by atoms with Gasteiger partial charge in [0.2, 0.25) is 0 Å². The van der Waals surface area contributed by atoms with Crippen molar-refractivity contribution in [1.29, 1.82) is 0 Å². The van der Waals surface area contributed by atoms with Crippen molar-refractivity contribution in [2.75, 3.05) is 13.7 Å². The van der Waals surface area contributed by atoms with Gasteiger partial charge in [0, 0.05) is 20.1 Å². The lowest BCUT2D eigenvalue weighted by Gasteiger charge is -2.18. The summed E-state index contributed by atoms with van der Waals surface area (Å²) in [4.78, 5) is 22.8. The molecule has 1 amide bonds. The molecule has 0 aliphatic rings. The number of hydrogen-bond acceptors (Lipinski definition) is 3. The third-order valence-corrected chi connectivity index (χ3v) is 3.18. The lowest BCUT2D eigenvalue weighted by molar-refractivity contribution is -0.138. The molecule has 0 fully saturated rings. The van der Waals surface area contributed by atoms with Crippen molar-refractivity contribution in [3.63, 3.8) is 0 Å². The topological polar surface area (TPSA) is 75.6 Å². The fraction of sp³-hybridized carbons (Fsp3) is 0.467. The zero-order valence-electron chi connectivity index (χ0n) is 11.8. The van der Waals surface area contributed by atoms with Crippen LogP contribution in [0, 0.1) is 5.92 Å². The predicted molar refractivity (Wildman–Crippen MR) is 75.2 cm³/mol. The number of ether oxygens (including phenoxy) is 1. The summed E-state index contributed by atoms with van der Waals surface area (Å²) < 4.78 is 5.22. The highest BCUT2D eigenvalue weighted by Crippen LogP contribution is 2.16. The molecular weight excluding hydrogens is 258 g/mol. The van der Waals surface area contributed by atoms with E-state index in [0.29, 0.717) is 13.0 Å². The molecule has 1 rings (SSSR count). The van der Waals surface area contributed by atoms with Crippen molar-refractivity contribution in [3.05, 3.63) is 35.9 Å². The number of carbonyl (C=O) groups is 2. The van der Waals surface area contributed by atoms with Crippen molar-refractivity contribution in [2.24, 2.45) is 5.92 Å². The molecule has 2 atom stereocenters. The average molecular weight is 279 g/mol. The first-order valence-electron chi connectivity index (χ1n) is 6.65. The number of nitrogens with one attached hydrogen (secondary N) is 1. The highest BCUT2D eigenvalue weighted by Gasteiger charge is 2.21. The Hall–Kier alpha value is -1.88. The maximum atomic E-state index is 12.1. The minimum Gasteiger partial charge on any atom is -0.481 e. The third-order valence-electron chi connectivity index (χ3n) is 3.18. The number of carboxylic acid groups (broad SMARTS) is 1. The molecule has 0 saturated heterocycles. The molecule has 20 heavy (non-hydrogen) atoms. The second kappa shape index (κ2) is 8.32. The normalized spacial score (nSPS) is 13.5. The van der Waals surface area contributed by atoms with E-state index in [1.807, 2.05) is 37.3 Å². The maximum Gasteiger partial charge on any atom is 0.303 e. The van der Waals surface area contributed by atoms with Crippen molar-refractivity contribution in [2.45, 2.75) is 25.9 Å². The van der Waals surface area contributed by atoms with Gasteiger partial charge in [0.15, 0.2) is 6.10 Å². The van der Waals surface area contributed by atoms with Crippen LogP contribution in [0.15, 0.2) is 30.3 Å². The molecule has 0 aliphatic heterocycles. The first-order chi connectivity index (χ1) is 9.58. The Morgan fingerprint density at radius 1 is 1.30 bits per heavy atom. The van der Waals surface area contributed by atoms with E-state index < -0.39 is 12.1 Å². The lowest BCUT2D eigenvalue weighted by Crippen LogP contribution is -2.34. The number of methoxy groups -OCH3 is 1. The Balaban J connectivity index is 2.58. The minimum absolute atomic E-state index is 0.0553. The summed E-state index contributed by atoms with van der Waals surface area (Å²) in [5.41, 5.74) is 0.777. The van der Waals surface area contributed by atoms with Crippen molar-refractivity contribution in [1.82, 2.24) is 5.32 Å². The van der Waals surface area contributed by atoms with Crippen molar-refractivity contribution >= 4 is 11.9 Å². The summed E-state index contributed by atoms with van der Waals surface area (Å²) in [6.07, 6.45) is 0.0912. The molecule has 0 radical (unpaired) electrons. The molecule has 0 aromatic heterocycles. The van der Waals surface area contributed by atoms with E-state index in [4.69, 9.17) is 9.84 Å². The quantitative estimate of drug-likeness (QED) is 0.763. The maximum absolute atomic E-state index is 12.1. The molecule has 110 valence electrons. The molecule has 0 bridgehead atoms. The summed E-state index contributed by atoms with van der Waals surface area (Å²) in [7, 11) is 1.48. The van der Waals surface area contributed by atoms with Crippen molar-refractivity contribution < 1.29 is 19.4 Å². The second-order valence-corrected chi connectivity index (χ2v) is 4.64. The zero-order chi connectivity index (χ0) is 15.0. The highest BCUT2D eigenvalue weighted by atomic mass is 16.5. The Morgan fingerprint density at radius 2 is 1.95 bits per heavy atom. The molecule has 2 N–H and O–H groups in total. The smallest absolute Gasteiger partial charge is 0.303 e. The van der Waals surface area contributed by atoms with E-state index in [0.717, 1.165) is 5.56 Å². The second-order valence-electron chi connectivity index (χ2n) is 4.64. The number of aliphatic carboxylic acids is 1. The molecule has 0 spiro atoms. The van der Waals surface area contributed by atoms with Crippen LogP contribution in [0.3, 0.4) is 0 Å². The van der Waals surface area contributed by atoms with E-state index in [9.17, 15) is 9.59 Å². The van der Waals surface area contributed by atoms with Crippen LogP contribution in [0.5, 0.6) is 0 Å². The van der Waals surface area contributed by atoms with E-state index in [2.05, 4.69) is 5.32 Å². The van der Waals surface area contributed by atoms with Gasteiger partial charge in [0.1, 0.15) is 0 Å². The van der Waals surface area contributed by atoms with Crippen molar-refractivity contribution in [3.8, 4) is 0 Å². The first-order valence-corrected chi connectivity index (χ1v) is 6.65. The van der Waals surface area contributed by atoms with Crippen LogP contribution < -0.4 is 5.32 Å². The molecule has 0 heterocycles. The van der Waals surface area contributed by atoms with Gasteiger partial charge >= 0.3 is 5.97 Å². The van der Waals surface area contributed by atoms with Gasteiger partial charge in [0.05, 0.1) is 0 Å². The fourth-order valence-electron chi connectivity index (χ4n) is 1.97. The first kappa shape index (κ1) is 16.2. The van der Waals surface area contributed by atoms with Crippen LogP contribution in [0.25, 0.3) is 0 Å². The number of amides is 1. The highest BCUT2D eigenvalue weighted by molar-refractivity contribution is 5.82. The SMILES string of the molecule is CCC(CNC(=O)C(OC)c1ccccc1)CC(=O)O. The van der Waals surface area contributed by atoms with Gasteiger partial charge in [0.25, 0.3) is 5.91 Å². The minimum atomic E-state index is -0.850. The van der Waals surface area contributed by atoms with Crippen LogP contribution in [-0.4, -0.2) is 30.6 Å². The summed E-state index contributed by atoms with van der Waals surface area (Å²) in [6.45, 7) is 2.25. The number of benzene rings is 1. The third kappa shape index (κ3) is 5.01. The van der Waals surface area contributed by atoms with Gasteiger partial charge in [-0.2, -0.15) is 0 Å². The van der Waals surface area contributed by atoms with Gasteiger partial charge < -0.3 is 15.2 Å². The van der Waals surface area contributed by atoms with E-state index in [-0.39, 0.29) is 18.2 Å². The van der Waals surface area contributed by atoms with Crippen LogP contribution in [-0.2, 0) is 14.3 Å². The fourth-order valence-corrected chi connectivity index (χ4v) is 1.97. The summed E-state index contributed by atoms with van der Waals surface area (Å²) in [5.74, 6) is -1.16. The van der Waals surface area contributed by atoms with Crippen LogP contribution in [0.4, 0.5) is 0 Å². The van der Waals surface area contributed by atoms with Gasteiger partial charge in [-0.25, -0.2) is 0 Å². The number of rotatable bonds is 8. The summed E-state index contributed by atoms with van der Waals surface area (Å²) >= 11 is 0. The Bertz CT molecular complexity index is 433. The molecule has 0 saturated carbocycles. The van der Waals surface area contributed by atoms with Gasteiger partial charge in [-0.1, -0.05) is 43.7 Å². The summed E-state index contributed by atoms with van der Waals surface area (Å²) in [6, 6.07) is 9.19. The van der Waals surface area contributed by atoms with E-state index in [1.165, 1.54) is 7.11 Å². The monoisotopic (exact) mass is 279 g/mol. The lowest BCUT2D eigenvalue weighted by atomic mass is 10.0. The van der Waals surface area contributed by atoms with Crippen LogP contribution in [0.1, 0.15) is 31.4 Å². The standard InChI is InChI=1S/C15H21NO4/c1-3-11(9-13(17)18)10-16-15(19)14(20-2)12-7-5-4-6-8-12/h4-8,11,14H,3,9-10H2,1-2H3,(H,16,19)(H,17,18). The number of carboxylic acids is 1. The molecule has 5 nitrogen and oxygen atoms in total.